The number of nitrogens with zero attached hydrogens (tertiary/aromatic N) is 1. The Hall–Kier alpha value is -2.31. The molecule has 0 aliphatic carbocycles. The van der Waals surface area contributed by atoms with Gasteiger partial charge in [0.15, 0.2) is 0 Å². The van der Waals surface area contributed by atoms with Crippen LogP contribution in [0.4, 0.5) is 10.5 Å². The van der Waals surface area contributed by atoms with E-state index in [4.69, 9.17) is 4.74 Å². The van der Waals surface area contributed by atoms with Crippen LogP contribution in [0.2, 0.25) is 0 Å². The van der Waals surface area contributed by atoms with Gasteiger partial charge < -0.3 is 4.74 Å². The number of benzene rings is 2. The smallest absolute Gasteiger partial charge is 0.298 e. The average molecular weight is 416 g/mol. The summed E-state index contributed by atoms with van der Waals surface area (Å²) < 4.78 is 6.27. The number of hydrogen-bond acceptors (Lipinski definition) is 4. The van der Waals surface area contributed by atoms with E-state index in [2.05, 4.69) is 22.5 Å². The molecule has 0 atom stereocenters. The number of halogens is 1. The molecular weight excluding hydrogens is 402 g/mol. The van der Waals surface area contributed by atoms with Crippen molar-refractivity contribution in [1.82, 2.24) is 0 Å². The standard InChI is InChI=1S/C19H14BrNO3S/c1-2-10-24-16-9-8-13(11-15(16)20)12-17-18(22)21(19(23)25-17)14-6-4-3-5-7-14/h2-9,11-12H,1,10H2/b17-12-. The largest absolute Gasteiger partial charge is 0.488 e. The molecule has 0 radical (unpaired) electrons. The van der Waals surface area contributed by atoms with E-state index in [1.54, 1.807) is 42.5 Å². The fourth-order valence-electron chi connectivity index (χ4n) is 2.29. The third kappa shape index (κ3) is 3.86. The SMILES string of the molecule is C=CCOc1ccc(/C=C2\SC(=O)N(c3ccccc3)C2=O)cc1Br. The van der Waals surface area contributed by atoms with Gasteiger partial charge in [-0.1, -0.05) is 36.9 Å². The van der Waals surface area contributed by atoms with Crippen molar-refractivity contribution in [3.63, 3.8) is 0 Å². The molecule has 2 amide bonds. The molecule has 0 bridgehead atoms. The molecule has 1 heterocycles. The van der Waals surface area contributed by atoms with E-state index in [1.807, 2.05) is 18.2 Å². The summed E-state index contributed by atoms with van der Waals surface area (Å²) in [5.41, 5.74) is 1.37. The van der Waals surface area contributed by atoms with Gasteiger partial charge in [0.1, 0.15) is 12.4 Å². The Morgan fingerprint density at radius 2 is 1.92 bits per heavy atom. The van der Waals surface area contributed by atoms with Gasteiger partial charge in [-0.15, -0.1) is 0 Å². The van der Waals surface area contributed by atoms with Crippen LogP contribution in [0.5, 0.6) is 5.75 Å². The van der Waals surface area contributed by atoms with Crippen LogP contribution in [-0.2, 0) is 4.79 Å². The van der Waals surface area contributed by atoms with E-state index in [9.17, 15) is 9.59 Å². The highest BCUT2D eigenvalue weighted by Gasteiger charge is 2.36. The number of carbonyl (C=O) groups excluding carboxylic acids is 2. The molecular formula is C19H14BrNO3S. The van der Waals surface area contributed by atoms with Crippen LogP contribution in [0.3, 0.4) is 0 Å². The summed E-state index contributed by atoms with van der Waals surface area (Å²) in [6, 6.07) is 14.4. The zero-order chi connectivity index (χ0) is 17.8. The predicted octanol–water partition coefficient (Wildman–Crippen LogP) is 5.25. The third-order valence-electron chi connectivity index (χ3n) is 3.42. The van der Waals surface area contributed by atoms with Crippen LogP contribution in [0, 0.1) is 0 Å². The number of rotatable bonds is 5. The van der Waals surface area contributed by atoms with Gasteiger partial charge in [-0.25, -0.2) is 4.90 Å². The molecule has 1 fully saturated rings. The number of anilines is 1. The van der Waals surface area contributed by atoms with Crippen molar-refractivity contribution in [3.05, 3.63) is 76.1 Å². The van der Waals surface area contributed by atoms with Gasteiger partial charge in [-0.3, -0.25) is 9.59 Å². The van der Waals surface area contributed by atoms with Gasteiger partial charge in [0.25, 0.3) is 11.1 Å². The fraction of sp³-hybridized carbons (Fsp3) is 0.0526. The molecule has 25 heavy (non-hydrogen) atoms. The first-order valence-electron chi connectivity index (χ1n) is 7.46. The maximum Gasteiger partial charge on any atom is 0.298 e. The third-order valence-corrected chi connectivity index (χ3v) is 4.91. The summed E-state index contributed by atoms with van der Waals surface area (Å²) in [6.45, 7) is 4.02. The van der Waals surface area contributed by atoms with Crippen molar-refractivity contribution < 1.29 is 14.3 Å². The van der Waals surface area contributed by atoms with E-state index < -0.39 is 0 Å². The highest BCUT2D eigenvalue weighted by Crippen LogP contribution is 2.36. The lowest BCUT2D eigenvalue weighted by atomic mass is 10.2. The summed E-state index contributed by atoms with van der Waals surface area (Å²) in [6.07, 6.45) is 3.37. The molecule has 0 unspecified atom stereocenters. The number of para-hydroxylation sites is 1. The van der Waals surface area contributed by atoms with Crippen LogP contribution in [0.1, 0.15) is 5.56 Å². The molecule has 3 rings (SSSR count). The first-order valence-corrected chi connectivity index (χ1v) is 9.07. The fourth-order valence-corrected chi connectivity index (χ4v) is 3.64. The summed E-state index contributed by atoms with van der Waals surface area (Å²) >= 11 is 4.38. The van der Waals surface area contributed by atoms with E-state index in [0.29, 0.717) is 22.9 Å². The number of imide groups is 1. The molecule has 2 aromatic carbocycles. The molecule has 1 aliphatic rings. The number of carbonyl (C=O) groups is 2. The lowest BCUT2D eigenvalue weighted by molar-refractivity contribution is -0.113. The van der Waals surface area contributed by atoms with E-state index in [0.717, 1.165) is 21.8 Å². The summed E-state index contributed by atoms with van der Waals surface area (Å²) in [5.74, 6) is 0.374. The first kappa shape index (κ1) is 17.5. The van der Waals surface area contributed by atoms with Crippen molar-refractivity contribution in [2.45, 2.75) is 0 Å². The van der Waals surface area contributed by atoms with Gasteiger partial charge in [0.2, 0.25) is 0 Å². The van der Waals surface area contributed by atoms with Crippen molar-refractivity contribution >= 4 is 50.6 Å². The van der Waals surface area contributed by atoms with E-state index in [-0.39, 0.29) is 11.1 Å². The van der Waals surface area contributed by atoms with Gasteiger partial charge in [-0.05, 0) is 63.6 Å². The monoisotopic (exact) mass is 415 g/mol. The van der Waals surface area contributed by atoms with Crippen molar-refractivity contribution in [2.24, 2.45) is 0 Å². The van der Waals surface area contributed by atoms with Crippen LogP contribution in [0.25, 0.3) is 6.08 Å². The highest BCUT2D eigenvalue weighted by molar-refractivity contribution is 9.10. The lowest BCUT2D eigenvalue weighted by Gasteiger charge is -2.11. The molecule has 0 aromatic heterocycles. The Labute approximate surface area is 158 Å². The van der Waals surface area contributed by atoms with E-state index in [1.165, 1.54) is 4.90 Å². The van der Waals surface area contributed by atoms with E-state index >= 15 is 0 Å². The molecule has 2 aromatic rings. The Balaban J connectivity index is 1.85. The Bertz CT molecular complexity index is 864. The minimum absolute atomic E-state index is 0.299. The highest BCUT2D eigenvalue weighted by atomic mass is 79.9. The molecule has 0 spiro atoms. The topological polar surface area (TPSA) is 46.6 Å². The van der Waals surface area contributed by atoms with Gasteiger partial charge in [0, 0.05) is 0 Å². The van der Waals surface area contributed by atoms with Crippen molar-refractivity contribution in [3.8, 4) is 5.75 Å². The minimum Gasteiger partial charge on any atom is -0.488 e. The Morgan fingerprint density at radius 3 is 2.60 bits per heavy atom. The van der Waals surface area contributed by atoms with Crippen LogP contribution in [0.15, 0.2) is 70.6 Å². The molecule has 1 aliphatic heterocycles. The summed E-state index contributed by atoms with van der Waals surface area (Å²) in [7, 11) is 0. The van der Waals surface area contributed by atoms with Crippen molar-refractivity contribution in [2.75, 3.05) is 11.5 Å². The Morgan fingerprint density at radius 1 is 1.16 bits per heavy atom. The first-order chi connectivity index (χ1) is 12.1. The number of hydrogen-bond donors (Lipinski definition) is 0. The maximum atomic E-state index is 12.6. The minimum atomic E-state index is -0.315. The molecule has 0 saturated carbocycles. The number of thioether (sulfide) groups is 1. The predicted molar refractivity (Wildman–Crippen MR) is 105 cm³/mol. The maximum absolute atomic E-state index is 12.6. The average Bonchev–Trinajstić information content (AvgIpc) is 2.88. The second-order valence-electron chi connectivity index (χ2n) is 5.14. The summed E-state index contributed by atoms with van der Waals surface area (Å²) in [4.78, 5) is 26.4. The number of ether oxygens (including phenoxy) is 1. The molecule has 126 valence electrons. The molecule has 0 N–H and O–H groups in total. The zero-order valence-corrected chi connectivity index (χ0v) is 15.5. The van der Waals surface area contributed by atoms with Crippen molar-refractivity contribution in [1.29, 1.82) is 0 Å². The normalized spacial score (nSPS) is 15.7. The van der Waals surface area contributed by atoms with Crippen LogP contribution < -0.4 is 9.64 Å². The molecule has 4 nitrogen and oxygen atoms in total. The second-order valence-corrected chi connectivity index (χ2v) is 6.99. The molecule has 1 saturated heterocycles. The van der Waals surface area contributed by atoms with Gasteiger partial charge in [0.05, 0.1) is 15.1 Å². The second kappa shape index (κ2) is 7.72. The quantitative estimate of drug-likeness (QED) is 0.493. The summed E-state index contributed by atoms with van der Waals surface area (Å²) in [5, 5.41) is -0.299. The number of amides is 2. The lowest BCUT2D eigenvalue weighted by Crippen LogP contribution is -2.27. The van der Waals surface area contributed by atoms with Gasteiger partial charge in [-0.2, -0.15) is 0 Å². The Kier molecular flexibility index (Phi) is 5.40. The van der Waals surface area contributed by atoms with Crippen LogP contribution >= 0.6 is 27.7 Å². The zero-order valence-electron chi connectivity index (χ0n) is 13.1. The van der Waals surface area contributed by atoms with Crippen LogP contribution in [-0.4, -0.2) is 17.8 Å². The molecule has 6 heteroatoms. The van der Waals surface area contributed by atoms with Gasteiger partial charge >= 0.3 is 0 Å².